The van der Waals surface area contributed by atoms with E-state index < -0.39 is 11.9 Å². The van der Waals surface area contributed by atoms with Gasteiger partial charge in [-0.25, -0.2) is 4.39 Å². The van der Waals surface area contributed by atoms with E-state index in [-0.39, 0.29) is 5.56 Å². The Kier molecular flexibility index (Phi) is 5.38. The van der Waals surface area contributed by atoms with E-state index in [9.17, 15) is 9.50 Å². The molecule has 1 unspecified atom stereocenters. The second-order valence-electron chi connectivity index (χ2n) is 5.72. The Hall–Kier alpha value is -1.13. The predicted octanol–water partition coefficient (Wildman–Crippen LogP) is 2.99. The highest BCUT2D eigenvalue weighted by Crippen LogP contribution is 2.30. The third-order valence-corrected chi connectivity index (χ3v) is 4.14. The third-order valence-electron chi connectivity index (χ3n) is 4.14. The summed E-state index contributed by atoms with van der Waals surface area (Å²) in [6.45, 7) is 1.83. The SMILES string of the molecule is COc1cccc(F)c1C(O)CCN(C)CC1CCC1. The van der Waals surface area contributed by atoms with Gasteiger partial charge in [-0.2, -0.15) is 0 Å². The number of aliphatic hydroxyl groups excluding tert-OH is 1. The molecular formula is C16H24FNO2. The van der Waals surface area contributed by atoms with E-state index in [2.05, 4.69) is 11.9 Å². The number of aliphatic hydroxyl groups is 1. The second-order valence-corrected chi connectivity index (χ2v) is 5.72. The fourth-order valence-electron chi connectivity index (χ4n) is 2.71. The molecule has 112 valence electrons. The van der Waals surface area contributed by atoms with Gasteiger partial charge in [-0.3, -0.25) is 0 Å². The molecule has 0 saturated heterocycles. The highest BCUT2D eigenvalue weighted by Gasteiger charge is 2.21. The van der Waals surface area contributed by atoms with Crippen LogP contribution in [0.15, 0.2) is 18.2 Å². The number of methoxy groups -OCH3 is 1. The summed E-state index contributed by atoms with van der Waals surface area (Å²) in [5, 5.41) is 10.2. The molecule has 1 atom stereocenters. The average molecular weight is 281 g/mol. The van der Waals surface area contributed by atoms with E-state index in [4.69, 9.17) is 4.74 Å². The molecule has 1 aromatic carbocycles. The molecule has 2 rings (SSSR count). The van der Waals surface area contributed by atoms with Crippen molar-refractivity contribution in [2.24, 2.45) is 5.92 Å². The van der Waals surface area contributed by atoms with Crippen molar-refractivity contribution in [1.29, 1.82) is 0 Å². The Morgan fingerprint density at radius 1 is 1.45 bits per heavy atom. The Bertz CT molecular complexity index is 434. The zero-order chi connectivity index (χ0) is 14.5. The molecular weight excluding hydrogens is 257 g/mol. The topological polar surface area (TPSA) is 32.7 Å². The molecule has 0 amide bonds. The third kappa shape index (κ3) is 3.70. The van der Waals surface area contributed by atoms with Gasteiger partial charge in [-0.15, -0.1) is 0 Å². The summed E-state index contributed by atoms with van der Waals surface area (Å²) < 4.78 is 19.0. The van der Waals surface area contributed by atoms with Crippen molar-refractivity contribution in [3.8, 4) is 5.75 Å². The Morgan fingerprint density at radius 2 is 2.20 bits per heavy atom. The Balaban J connectivity index is 1.89. The lowest BCUT2D eigenvalue weighted by Gasteiger charge is -2.30. The van der Waals surface area contributed by atoms with Crippen LogP contribution < -0.4 is 4.74 Å². The fraction of sp³-hybridized carbons (Fsp3) is 0.625. The number of halogens is 1. The highest BCUT2D eigenvalue weighted by molar-refractivity contribution is 5.36. The molecule has 1 N–H and O–H groups in total. The summed E-state index contributed by atoms with van der Waals surface area (Å²) in [5.41, 5.74) is 0.270. The fourth-order valence-corrected chi connectivity index (χ4v) is 2.71. The molecule has 0 radical (unpaired) electrons. The standard InChI is InChI=1S/C16H24FNO2/c1-18(11-12-5-3-6-12)10-9-14(19)16-13(17)7-4-8-15(16)20-2/h4,7-8,12,14,19H,3,5-6,9-11H2,1-2H3. The van der Waals surface area contributed by atoms with Crippen molar-refractivity contribution in [3.05, 3.63) is 29.6 Å². The Labute approximate surface area is 120 Å². The van der Waals surface area contributed by atoms with Crippen LogP contribution in [0.3, 0.4) is 0 Å². The van der Waals surface area contributed by atoms with Crippen LogP contribution in [0.1, 0.15) is 37.4 Å². The van der Waals surface area contributed by atoms with Gasteiger partial charge >= 0.3 is 0 Å². The quantitative estimate of drug-likeness (QED) is 0.834. The summed E-state index contributed by atoms with van der Waals surface area (Å²) in [6, 6.07) is 4.63. The van der Waals surface area contributed by atoms with Crippen LogP contribution in [0.5, 0.6) is 5.75 Å². The molecule has 1 aromatic rings. The average Bonchev–Trinajstić information content (AvgIpc) is 2.39. The van der Waals surface area contributed by atoms with E-state index in [0.29, 0.717) is 12.2 Å². The zero-order valence-corrected chi connectivity index (χ0v) is 12.3. The molecule has 0 aromatic heterocycles. The second kappa shape index (κ2) is 7.04. The van der Waals surface area contributed by atoms with Crippen LogP contribution in [-0.2, 0) is 0 Å². The minimum atomic E-state index is -0.824. The molecule has 3 nitrogen and oxygen atoms in total. The largest absolute Gasteiger partial charge is 0.496 e. The minimum Gasteiger partial charge on any atom is -0.496 e. The van der Waals surface area contributed by atoms with Crippen LogP contribution in [-0.4, -0.2) is 37.3 Å². The van der Waals surface area contributed by atoms with Crippen molar-refractivity contribution in [3.63, 3.8) is 0 Å². The van der Waals surface area contributed by atoms with Crippen molar-refractivity contribution in [2.75, 3.05) is 27.2 Å². The van der Waals surface area contributed by atoms with Crippen molar-refractivity contribution >= 4 is 0 Å². The number of rotatable bonds is 7. The van der Waals surface area contributed by atoms with E-state index in [0.717, 1.165) is 19.0 Å². The summed E-state index contributed by atoms with van der Waals surface area (Å²) in [4.78, 5) is 2.22. The first-order valence-corrected chi connectivity index (χ1v) is 7.30. The first-order valence-electron chi connectivity index (χ1n) is 7.30. The van der Waals surface area contributed by atoms with Gasteiger partial charge in [0.1, 0.15) is 11.6 Å². The van der Waals surface area contributed by atoms with Gasteiger partial charge in [0.25, 0.3) is 0 Å². The van der Waals surface area contributed by atoms with Crippen LogP contribution in [0.25, 0.3) is 0 Å². The smallest absolute Gasteiger partial charge is 0.132 e. The zero-order valence-electron chi connectivity index (χ0n) is 12.3. The molecule has 1 aliphatic rings. The maximum atomic E-state index is 13.8. The Morgan fingerprint density at radius 3 is 2.80 bits per heavy atom. The number of hydrogen-bond donors (Lipinski definition) is 1. The van der Waals surface area contributed by atoms with Crippen LogP contribution in [0.4, 0.5) is 4.39 Å². The predicted molar refractivity (Wildman–Crippen MR) is 77.4 cm³/mol. The molecule has 0 heterocycles. The normalized spacial score (nSPS) is 17.1. The van der Waals surface area contributed by atoms with E-state index in [1.54, 1.807) is 12.1 Å². The van der Waals surface area contributed by atoms with Gasteiger partial charge in [0.2, 0.25) is 0 Å². The molecule has 0 aliphatic heterocycles. The van der Waals surface area contributed by atoms with E-state index >= 15 is 0 Å². The van der Waals surface area contributed by atoms with Crippen molar-refractivity contribution in [2.45, 2.75) is 31.8 Å². The first kappa shape index (κ1) is 15.3. The van der Waals surface area contributed by atoms with Gasteiger partial charge in [0.15, 0.2) is 0 Å². The molecule has 0 bridgehead atoms. The molecule has 4 heteroatoms. The first-order chi connectivity index (χ1) is 9.61. The molecule has 0 spiro atoms. The summed E-state index contributed by atoms with van der Waals surface area (Å²) >= 11 is 0. The lowest BCUT2D eigenvalue weighted by molar-refractivity contribution is 0.130. The van der Waals surface area contributed by atoms with Gasteiger partial charge in [-0.05, 0) is 44.4 Å². The number of hydrogen-bond acceptors (Lipinski definition) is 3. The van der Waals surface area contributed by atoms with Gasteiger partial charge in [-0.1, -0.05) is 12.5 Å². The monoisotopic (exact) mass is 281 g/mol. The van der Waals surface area contributed by atoms with Gasteiger partial charge in [0.05, 0.1) is 18.8 Å². The molecule has 1 aliphatic carbocycles. The van der Waals surface area contributed by atoms with Gasteiger partial charge in [0, 0.05) is 13.1 Å². The minimum absolute atomic E-state index is 0.270. The van der Waals surface area contributed by atoms with Crippen LogP contribution >= 0.6 is 0 Å². The summed E-state index contributed by atoms with van der Waals surface area (Å²) in [5.74, 6) is 0.817. The van der Waals surface area contributed by atoms with E-state index in [1.165, 1.54) is 32.4 Å². The number of nitrogens with zero attached hydrogens (tertiary/aromatic N) is 1. The summed E-state index contributed by atoms with van der Waals surface area (Å²) in [7, 11) is 3.55. The number of ether oxygens (including phenoxy) is 1. The lowest BCUT2D eigenvalue weighted by atomic mass is 9.85. The molecule has 20 heavy (non-hydrogen) atoms. The van der Waals surface area contributed by atoms with Crippen LogP contribution in [0, 0.1) is 11.7 Å². The van der Waals surface area contributed by atoms with Gasteiger partial charge < -0.3 is 14.7 Å². The maximum absolute atomic E-state index is 13.8. The molecule has 1 fully saturated rings. The van der Waals surface area contributed by atoms with E-state index in [1.807, 2.05) is 0 Å². The maximum Gasteiger partial charge on any atom is 0.132 e. The highest BCUT2D eigenvalue weighted by atomic mass is 19.1. The van der Waals surface area contributed by atoms with Crippen molar-refractivity contribution in [1.82, 2.24) is 4.90 Å². The van der Waals surface area contributed by atoms with Crippen molar-refractivity contribution < 1.29 is 14.2 Å². The van der Waals surface area contributed by atoms with Crippen LogP contribution in [0.2, 0.25) is 0 Å². The molecule has 1 saturated carbocycles. The number of benzene rings is 1. The lowest BCUT2D eigenvalue weighted by Crippen LogP contribution is -2.30. The summed E-state index contributed by atoms with van der Waals surface area (Å²) in [6.07, 6.45) is 3.66.